The standard InChI is InChI=1S/C21H21N3O2/c25-16-15-23(13-5-9-18-7-2-1-3-8-18)21(26)19-10-4-11-20(17-19)24-14-6-12-22-24/h1-12,14,17,25H,13,15-16H2/b9-5+. The van der Waals surface area contributed by atoms with E-state index in [4.69, 9.17) is 0 Å². The molecule has 26 heavy (non-hydrogen) atoms. The summed E-state index contributed by atoms with van der Waals surface area (Å²) in [6.45, 7) is 0.633. The third-order valence-corrected chi connectivity index (χ3v) is 3.95. The number of rotatable bonds is 7. The fraction of sp³-hybridized carbons (Fsp3) is 0.143. The van der Waals surface area contributed by atoms with E-state index in [1.807, 2.05) is 66.9 Å². The number of hydrogen-bond acceptors (Lipinski definition) is 3. The molecule has 3 rings (SSSR count). The van der Waals surface area contributed by atoms with Crippen molar-refractivity contribution in [3.05, 3.63) is 90.3 Å². The first kappa shape index (κ1) is 17.6. The number of carbonyl (C=O) groups excluding carboxylic acids is 1. The topological polar surface area (TPSA) is 58.4 Å². The van der Waals surface area contributed by atoms with Crippen LogP contribution in [-0.2, 0) is 0 Å². The molecule has 0 bridgehead atoms. The predicted molar refractivity (Wildman–Crippen MR) is 102 cm³/mol. The van der Waals surface area contributed by atoms with Gasteiger partial charge in [-0.1, -0.05) is 48.6 Å². The lowest BCUT2D eigenvalue weighted by molar-refractivity contribution is 0.0743. The van der Waals surface area contributed by atoms with Gasteiger partial charge >= 0.3 is 0 Å². The minimum atomic E-state index is -0.120. The van der Waals surface area contributed by atoms with Gasteiger partial charge in [0.05, 0.1) is 12.3 Å². The highest BCUT2D eigenvalue weighted by atomic mass is 16.3. The number of amides is 1. The van der Waals surface area contributed by atoms with Crippen LogP contribution in [0.3, 0.4) is 0 Å². The molecule has 0 saturated heterocycles. The van der Waals surface area contributed by atoms with E-state index >= 15 is 0 Å². The third kappa shape index (κ3) is 4.46. The van der Waals surface area contributed by atoms with Crippen LogP contribution < -0.4 is 0 Å². The van der Waals surface area contributed by atoms with E-state index in [1.54, 1.807) is 27.9 Å². The Morgan fingerprint density at radius 2 is 1.96 bits per heavy atom. The molecule has 132 valence electrons. The number of aliphatic hydroxyl groups excluding tert-OH is 1. The maximum absolute atomic E-state index is 12.9. The van der Waals surface area contributed by atoms with Gasteiger partial charge in [-0.2, -0.15) is 5.10 Å². The molecule has 0 fully saturated rings. The smallest absolute Gasteiger partial charge is 0.254 e. The number of aliphatic hydroxyl groups is 1. The van der Waals surface area contributed by atoms with Crippen molar-refractivity contribution in [1.82, 2.24) is 14.7 Å². The Morgan fingerprint density at radius 1 is 1.12 bits per heavy atom. The minimum Gasteiger partial charge on any atom is -0.395 e. The largest absolute Gasteiger partial charge is 0.395 e. The second-order valence-corrected chi connectivity index (χ2v) is 5.79. The molecule has 0 saturated carbocycles. The van der Waals surface area contributed by atoms with Crippen LogP contribution in [0.15, 0.2) is 79.1 Å². The first-order valence-corrected chi connectivity index (χ1v) is 8.50. The zero-order chi connectivity index (χ0) is 18.2. The number of nitrogens with zero attached hydrogens (tertiary/aromatic N) is 3. The molecule has 0 aliphatic rings. The van der Waals surface area contributed by atoms with Crippen LogP contribution in [0.25, 0.3) is 11.8 Å². The van der Waals surface area contributed by atoms with E-state index in [1.165, 1.54) is 0 Å². The first-order valence-electron chi connectivity index (χ1n) is 8.50. The van der Waals surface area contributed by atoms with Crippen LogP contribution in [0.5, 0.6) is 0 Å². The van der Waals surface area contributed by atoms with Crippen molar-refractivity contribution in [3.63, 3.8) is 0 Å². The number of hydrogen-bond donors (Lipinski definition) is 1. The first-order chi connectivity index (χ1) is 12.8. The van der Waals surface area contributed by atoms with Gasteiger partial charge < -0.3 is 10.0 Å². The van der Waals surface area contributed by atoms with Gasteiger partial charge in [-0.3, -0.25) is 4.79 Å². The maximum Gasteiger partial charge on any atom is 0.254 e. The molecule has 5 nitrogen and oxygen atoms in total. The van der Waals surface area contributed by atoms with Crippen molar-refractivity contribution in [2.24, 2.45) is 0 Å². The molecule has 1 heterocycles. The Bertz CT molecular complexity index is 858. The van der Waals surface area contributed by atoms with E-state index in [0.29, 0.717) is 12.1 Å². The molecule has 5 heteroatoms. The fourth-order valence-corrected chi connectivity index (χ4v) is 2.66. The summed E-state index contributed by atoms with van der Waals surface area (Å²) in [7, 11) is 0. The summed E-state index contributed by atoms with van der Waals surface area (Å²) in [6.07, 6.45) is 7.43. The number of carbonyl (C=O) groups is 1. The van der Waals surface area contributed by atoms with Gasteiger partial charge in [0.15, 0.2) is 0 Å². The fourth-order valence-electron chi connectivity index (χ4n) is 2.66. The minimum absolute atomic E-state index is 0.0796. The van der Waals surface area contributed by atoms with E-state index in [9.17, 15) is 9.90 Å². The summed E-state index contributed by atoms with van der Waals surface area (Å²) < 4.78 is 1.71. The molecular weight excluding hydrogens is 326 g/mol. The van der Waals surface area contributed by atoms with Gasteiger partial charge in [-0.25, -0.2) is 4.68 Å². The lowest BCUT2D eigenvalue weighted by Gasteiger charge is -2.20. The summed E-state index contributed by atoms with van der Waals surface area (Å²) >= 11 is 0. The second-order valence-electron chi connectivity index (χ2n) is 5.79. The van der Waals surface area contributed by atoms with Crippen LogP contribution in [0.4, 0.5) is 0 Å². The molecular formula is C21H21N3O2. The molecule has 0 atom stereocenters. The molecule has 0 unspecified atom stereocenters. The van der Waals surface area contributed by atoms with Crippen molar-refractivity contribution in [3.8, 4) is 5.69 Å². The number of benzene rings is 2. The molecule has 1 aromatic heterocycles. The van der Waals surface area contributed by atoms with Crippen LogP contribution >= 0.6 is 0 Å². The molecule has 3 aromatic rings. The highest BCUT2D eigenvalue weighted by Gasteiger charge is 2.15. The Morgan fingerprint density at radius 3 is 2.69 bits per heavy atom. The monoisotopic (exact) mass is 347 g/mol. The van der Waals surface area contributed by atoms with Crippen LogP contribution in [-0.4, -0.2) is 45.4 Å². The lowest BCUT2D eigenvalue weighted by atomic mass is 10.1. The van der Waals surface area contributed by atoms with Gasteiger partial charge in [-0.05, 0) is 29.8 Å². The lowest BCUT2D eigenvalue weighted by Crippen LogP contribution is -2.33. The van der Waals surface area contributed by atoms with Crippen molar-refractivity contribution < 1.29 is 9.90 Å². The maximum atomic E-state index is 12.9. The summed E-state index contributed by atoms with van der Waals surface area (Å²) in [5, 5.41) is 13.5. The zero-order valence-corrected chi connectivity index (χ0v) is 14.4. The molecule has 1 N–H and O–H groups in total. The highest BCUT2D eigenvalue weighted by molar-refractivity contribution is 5.95. The Balaban J connectivity index is 1.74. The van der Waals surface area contributed by atoms with E-state index in [2.05, 4.69) is 5.10 Å². The second kappa shape index (κ2) is 8.78. The molecule has 0 aliphatic heterocycles. The van der Waals surface area contributed by atoms with Crippen molar-refractivity contribution in [1.29, 1.82) is 0 Å². The molecule has 0 aliphatic carbocycles. The van der Waals surface area contributed by atoms with Crippen molar-refractivity contribution >= 4 is 12.0 Å². The zero-order valence-electron chi connectivity index (χ0n) is 14.4. The molecule has 2 aromatic carbocycles. The molecule has 1 amide bonds. The average molecular weight is 347 g/mol. The quantitative estimate of drug-likeness (QED) is 0.715. The Hall–Kier alpha value is -3.18. The van der Waals surface area contributed by atoms with E-state index < -0.39 is 0 Å². The van der Waals surface area contributed by atoms with Gasteiger partial charge in [0.25, 0.3) is 5.91 Å². The molecule has 0 radical (unpaired) electrons. The van der Waals surface area contributed by atoms with Crippen molar-refractivity contribution in [2.45, 2.75) is 0 Å². The van der Waals surface area contributed by atoms with Gasteiger partial charge in [0.2, 0.25) is 0 Å². The van der Waals surface area contributed by atoms with E-state index in [0.717, 1.165) is 11.3 Å². The van der Waals surface area contributed by atoms with Crippen LogP contribution in [0, 0.1) is 0 Å². The Kier molecular flexibility index (Phi) is 5.96. The highest BCUT2D eigenvalue weighted by Crippen LogP contribution is 2.12. The predicted octanol–water partition coefficient (Wildman–Crippen LogP) is 3.02. The molecule has 0 spiro atoms. The third-order valence-electron chi connectivity index (χ3n) is 3.95. The van der Waals surface area contributed by atoms with Crippen LogP contribution in [0.2, 0.25) is 0 Å². The average Bonchev–Trinajstić information content (AvgIpc) is 3.23. The van der Waals surface area contributed by atoms with Crippen LogP contribution in [0.1, 0.15) is 15.9 Å². The Labute approximate surface area is 152 Å². The number of aromatic nitrogens is 2. The van der Waals surface area contributed by atoms with Gasteiger partial charge in [0, 0.05) is 31.0 Å². The van der Waals surface area contributed by atoms with E-state index in [-0.39, 0.29) is 19.1 Å². The SMILES string of the molecule is O=C(c1cccc(-n2cccn2)c1)N(C/C=C/c1ccccc1)CCO. The summed E-state index contributed by atoms with van der Waals surface area (Å²) in [4.78, 5) is 14.5. The van der Waals surface area contributed by atoms with Gasteiger partial charge in [0.1, 0.15) is 0 Å². The normalized spacial score (nSPS) is 11.0. The summed E-state index contributed by atoms with van der Waals surface area (Å²) in [6, 6.07) is 19.1. The summed E-state index contributed by atoms with van der Waals surface area (Å²) in [5.74, 6) is -0.120. The van der Waals surface area contributed by atoms with Gasteiger partial charge in [-0.15, -0.1) is 0 Å². The summed E-state index contributed by atoms with van der Waals surface area (Å²) in [5.41, 5.74) is 2.47. The van der Waals surface area contributed by atoms with Crippen molar-refractivity contribution in [2.75, 3.05) is 19.7 Å².